The lowest BCUT2D eigenvalue weighted by atomic mass is 10.4. The van der Waals surface area contributed by atoms with E-state index >= 15 is 0 Å². The molecule has 0 atom stereocenters. The summed E-state index contributed by atoms with van der Waals surface area (Å²) in [6.07, 6.45) is 5.47. The average molecular weight is 185 g/mol. The fraction of sp³-hybridized carbons (Fsp3) is 0.375. The van der Waals surface area contributed by atoms with Gasteiger partial charge in [0.2, 0.25) is 0 Å². The van der Waals surface area contributed by atoms with E-state index in [1.54, 1.807) is 30.2 Å². The normalized spacial score (nSPS) is 10.1. The number of aromatic carboxylic acids is 1. The Morgan fingerprint density at radius 1 is 1.75 bits per heavy atom. The molecule has 0 radical (unpaired) electrons. The molecule has 4 heteroatoms. The van der Waals surface area contributed by atoms with Gasteiger partial charge in [-0.15, -0.1) is 0 Å². The van der Waals surface area contributed by atoms with Gasteiger partial charge in [-0.2, -0.15) is 11.8 Å². The number of carbonyl (C=O) groups is 1. The Kier molecular flexibility index (Phi) is 3.22. The predicted octanol–water partition coefficient (Wildman–Crippen LogP) is 1.55. The quantitative estimate of drug-likeness (QED) is 0.773. The molecule has 0 aromatic carbocycles. The Balaban J connectivity index is 2.58. The van der Waals surface area contributed by atoms with Crippen LogP contribution in [0.1, 0.15) is 10.4 Å². The van der Waals surface area contributed by atoms with E-state index in [2.05, 4.69) is 0 Å². The van der Waals surface area contributed by atoms with E-state index in [1.807, 2.05) is 10.8 Å². The van der Waals surface area contributed by atoms with Crippen LogP contribution in [-0.4, -0.2) is 27.7 Å². The molecule has 0 aliphatic rings. The van der Waals surface area contributed by atoms with Crippen molar-refractivity contribution in [2.45, 2.75) is 6.54 Å². The van der Waals surface area contributed by atoms with Crippen LogP contribution in [0.5, 0.6) is 0 Å². The summed E-state index contributed by atoms with van der Waals surface area (Å²) < 4.78 is 1.89. The summed E-state index contributed by atoms with van der Waals surface area (Å²) in [6.45, 7) is 0.869. The lowest BCUT2D eigenvalue weighted by Gasteiger charge is -1.98. The molecular weight excluding hydrogens is 174 g/mol. The Morgan fingerprint density at radius 3 is 3.00 bits per heavy atom. The van der Waals surface area contributed by atoms with Crippen molar-refractivity contribution < 1.29 is 9.90 Å². The first-order chi connectivity index (χ1) is 5.74. The van der Waals surface area contributed by atoms with Crippen molar-refractivity contribution in [3.05, 3.63) is 24.0 Å². The molecule has 3 nitrogen and oxygen atoms in total. The van der Waals surface area contributed by atoms with E-state index in [0.717, 1.165) is 12.3 Å². The molecule has 66 valence electrons. The number of aromatic nitrogens is 1. The third-order valence-electron chi connectivity index (χ3n) is 1.55. The Morgan fingerprint density at radius 2 is 2.50 bits per heavy atom. The third kappa shape index (κ3) is 2.30. The molecule has 1 aromatic heterocycles. The first kappa shape index (κ1) is 9.19. The largest absolute Gasteiger partial charge is 0.478 e. The number of nitrogens with zero attached hydrogens (tertiary/aromatic N) is 1. The van der Waals surface area contributed by atoms with Gasteiger partial charge in [0.1, 0.15) is 0 Å². The number of hydrogen-bond acceptors (Lipinski definition) is 2. The van der Waals surface area contributed by atoms with Crippen molar-refractivity contribution >= 4 is 17.7 Å². The van der Waals surface area contributed by atoms with Gasteiger partial charge in [0, 0.05) is 24.7 Å². The second kappa shape index (κ2) is 4.21. The molecule has 1 N–H and O–H groups in total. The summed E-state index contributed by atoms with van der Waals surface area (Å²) >= 11 is 1.75. The maximum absolute atomic E-state index is 10.5. The highest BCUT2D eigenvalue weighted by Crippen LogP contribution is 2.02. The Bertz CT molecular complexity index is 270. The van der Waals surface area contributed by atoms with Crippen molar-refractivity contribution in [3.8, 4) is 0 Å². The summed E-state index contributed by atoms with van der Waals surface area (Å²) in [7, 11) is 0. The minimum Gasteiger partial charge on any atom is -0.478 e. The van der Waals surface area contributed by atoms with Gasteiger partial charge in [-0.05, 0) is 12.3 Å². The van der Waals surface area contributed by atoms with Crippen LogP contribution in [0.4, 0.5) is 0 Å². The highest BCUT2D eigenvalue weighted by Gasteiger charge is 2.03. The standard InChI is InChI=1S/C8H11NO2S/c1-12-5-4-9-3-2-7(6-9)8(10)11/h2-3,6H,4-5H2,1H3,(H,10,11). The molecule has 0 saturated carbocycles. The molecule has 0 fully saturated rings. The van der Waals surface area contributed by atoms with E-state index in [0.29, 0.717) is 5.56 Å². The number of carboxylic acids is 1. The molecule has 1 aromatic rings. The molecule has 12 heavy (non-hydrogen) atoms. The van der Waals surface area contributed by atoms with Gasteiger partial charge >= 0.3 is 5.97 Å². The summed E-state index contributed by atoms with van der Waals surface area (Å²) in [5.74, 6) is 0.145. The highest BCUT2D eigenvalue weighted by molar-refractivity contribution is 7.98. The van der Waals surface area contributed by atoms with Crippen molar-refractivity contribution in [1.29, 1.82) is 0 Å². The Hall–Kier alpha value is -0.900. The number of carboxylic acid groups (broad SMARTS) is 1. The molecule has 1 heterocycles. The topological polar surface area (TPSA) is 42.2 Å². The lowest BCUT2D eigenvalue weighted by Crippen LogP contribution is -1.98. The first-order valence-corrected chi connectivity index (χ1v) is 5.01. The molecule has 0 amide bonds. The number of rotatable bonds is 4. The minimum atomic E-state index is -0.863. The first-order valence-electron chi connectivity index (χ1n) is 3.62. The zero-order valence-electron chi connectivity index (χ0n) is 6.86. The van der Waals surface area contributed by atoms with Gasteiger partial charge < -0.3 is 9.67 Å². The molecule has 1 rings (SSSR count). The maximum Gasteiger partial charge on any atom is 0.337 e. The second-order valence-electron chi connectivity index (χ2n) is 2.44. The fourth-order valence-electron chi connectivity index (χ4n) is 0.903. The molecule has 0 aliphatic carbocycles. The van der Waals surface area contributed by atoms with Crippen LogP contribution in [0.15, 0.2) is 18.5 Å². The second-order valence-corrected chi connectivity index (χ2v) is 3.42. The molecule has 0 unspecified atom stereocenters. The lowest BCUT2D eigenvalue weighted by molar-refractivity contribution is 0.0697. The van der Waals surface area contributed by atoms with Crippen LogP contribution >= 0.6 is 11.8 Å². The van der Waals surface area contributed by atoms with Crippen LogP contribution in [-0.2, 0) is 6.54 Å². The van der Waals surface area contributed by atoms with Crippen LogP contribution < -0.4 is 0 Å². The van der Waals surface area contributed by atoms with Crippen LogP contribution in [0, 0.1) is 0 Å². The summed E-state index contributed by atoms with van der Waals surface area (Å²) in [6, 6.07) is 1.61. The van der Waals surface area contributed by atoms with Crippen LogP contribution in [0.25, 0.3) is 0 Å². The van der Waals surface area contributed by atoms with Gasteiger partial charge in [0.25, 0.3) is 0 Å². The number of aryl methyl sites for hydroxylation is 1. The summed E-state index contributed by atoms with van der Waals surface area (Å²) in [5, 5.41) is 8.61. The van der Waals surface area contributed by atoms with Crippen molar-refractivity contribution in [2.75, 3.05) is 12.0 Å². The SMILES string of the molecule is CSCCn1ccc(C(=O)O)c1. The van der Waals surface area contributed by atoms with Gasteiger partial charge in [0.15, 0.2) is 0 Å². The van der Waals surface area contributed by atoms with Gasteiger partial charge in [-0.25, -0.2) is 4.79 Å². The summed E-state index contributed by atoms with van der Waals surface area (Å²) in [4.78, 5) is 10.5. The smallest absolute Gasteiger partial charge is 0.337 e. The Labute approximate surface area is 75.4 Å². The number of hydrogen-bond donors (Lipinski definition) is 1. The monoisotopic (exact) mass is 185 g/mol. The zero-order chi connectivity index (χ0) is 8.97. The van der Waals surface area contributed by atoms with E-state index in [-0.39, 0.29) is 0 Å². The fourth-order valence-corrected chi connectivity index (χ4v) is 1.30. The highest BCUT2D eigenvalue weighted by atomic mass is 32.2. The predicted molar refractivity (Wildman–Crippen MR) is 49.8 cm³/mol. The minimum absolute atomic E-state index is 0.358. The van der Waals surface area contributed by atoms with Crippen molar-refractivity contribution in [2.24, 2.45) is 0 Å². The number of thioether (sulfide) groups is 1. The van der Waals surface area contributed by atoms with Gasteiger partial charge in [-0.1, -0.05) is 0 Å². The van der Waals surface area contributed by atoms with E-state index < -0.39 is 5.97 Å². The average Bonchev–Trinajstić information content (AvgIpc) is 2.48. The molecule has 0 saturated heterocycles. The summed E-state index contributed by atoms with van der Waals surface area (Å²) in [5.41, 5.74) is 0.358. The van der Waals surface area contributed by atoms with Gasteiger partial charge in [-0.3, -0.25) is 0 Å². The van der Waals surface area contributed by atoms with Crippen molar-refractivity contribution in [3.63, 3.8) is 0 Å². The van der Waals surface area contributed by atoms with E-state index in [9.17, 15) is 4.79 Å². The molecule has 0 spiro atoms. The zero-order valence-corrected chi connectivity index (χ0v) is 7.67. The van der Waals surface area contributed by atoms with Crippen LogP contribution in [0.2, 0.25) is 0 Å². The molecular formula is C8H11NO2S. The van der Waals surface area contributed by atoms with Crippen molar-refractivity contribution in [1.82, 2.24) is 4.57 Å². The van der Waals surface area contributed by atoms with E-state index in [1.165, 1.54) is 0 Å². The molecule has 0 bridgehead atoms. The van der Waals surface area contributed by atoms with Gasteiger partial charge in [0.05, 0.1) is 5.56 Å². The van der Waals surface area contributed by atoms with E-state index in [4.69, 9.17) is 5.11 Å². The van der Waals surface area contributed by atoms with Crippen LogP contribution in [0.3, 0.4) is 0 Å². The molecule has 0 aliphatic heterocycles. The third-order valence-corrected chi connectivity index (χ3v) is 2.14. The maximum atomic E-state index is 10.5.